The molecule has 6 rings (SSSR count). The Morgan fingerprint density at radius 2 is 1.92 bits per heavy atom. The second-order valence-electron chi connectivity index (χ2n) is 11.8. The van der Waals surface area contributed by atoms with E-state index in [0.29, 0.717) is 30.4 Å². The second kappa shape index (κ2) is 11.1. The van der Waals surface area contributed by atoms with Crippen molar-refractivity contribution >= 4 is 35.2 Å². The summed E-state index contributed by atoms with van der Waals surface area (Å²) in [5.41, 5.74) is 3.23. The van der Waals surface area contributed by atoms with Crippen molar-refractivity contribution in [2.24, 2.45) is 17.8 Å². The number of amides is 2. The summed E-state index contributed by atoms with van der Waals surface area (Å²) in [5.74, 6) is 0.662. The number of nitrogens with one attached hydrogen (secondary N) is 5. The Kier molecular flexibility index (Phi) is 7.95. The fraction of sp³-hybridized carbons (Fsp3) is 0.920. The number of hydrogen-bond acceptors (Lipinski definition) is 9. The highest BCUT2D eigenvalue weighted by atomic mass is 35.5. The van der Waals surface area contributed by atoms with Crippen LogP contribution in [0, 0.1) is 17.8 Å². The van der Waals surface area contributed by atoms with Gasteiger partial charge in [-0.25, -0.2) is 10.4 Å². The molecule has 0 bridgehead atoms. The largest absolute Gasteiger partial charge is 0.380 e. The number of fused-ring (bicyclic) bond motifs is 1. The number of carbonyl (C=O) groups is 2. The lowest BCUT2D eigenvalue weighted by Gasteiger charge is -2.45. The van der Waals surface area contributed by atoms with Gasteiger partial charge in [0.05, 0.1) is 17.5 Å². The first-order valence-electron chi connectivity index (χ1n) is 14.1. The first kappa shape index (κ1) is 26.6. The van der Waals surface area contributed by atoms with Crippen LogP contribution in [0.1, 0.15) is 39.0 Å². The van der Waals surface area contributed by atoms with Gasteiger partial charge in [0.2, 0.25) is 11.8 Å². The van der Waals surface area contributed by atoms with Crippen LogP contribution in [0.15, 0.2) is 0 Å². The van der Waals surface area contributed by atoms with Crippen molar-refractivity contribution in [1.82, 2.24) is 36.6 Å². The number of alkyl halides is 1. The Morgan fingerprint density at radius 3 is 2.68 bits per heavy atom. The number of hydrogen-bond donors (Lipinski definition) is 5. The molecular weight excluding hydrogens is 514 g/mol. The third kappa shape index (κ3) is 5.66. The van der Waals surface area contributed by atoms with Gasteiger partial charge in [0.1, 0.15) is 11.5 Å². The van der Waals surface area contributed by atoms with Gasteiger partial charge in [-0.05, 0) is 50.9 Å². The molecule has 12 heteroatoms. The van der Waals surface area contributed by atoms with Crippen LogP contribution in [-0.4, -0.2) is 108 Å². The van der Waals surface area contributed by atoms with E-state index in [2.05, 4.69) is 38.6 Å². The molecule has 0 spiro atoms. The summed E-state index contributed by atoms with van der Waals surface area (Å²) in [6.45, 7) is 5.99. The Balaban J connectivity index is 1.02. The summed E-state index contributed by atoms with van der Waals surface area (Å²) in [5, 5.41) is 16.3. The maximum Gasteiger partial charge on any atom is 0.241 e. The summed E-state index contributed by atoms with van der Waals surface area (Å²) in [6.07, 6.45) is 5.18. The van der Waals surface area contributed by atoms with Crippen molar-refractivity contribution in [2.45, 2.75) is 85.5 Å². The predicted molar refractivity (Wildman–Crippen MR) is 144 cm³/mol. The predicted octanol–water partition coefficient (Wildman–Crippen LogP) is -0.153. The van der Waals surface area contributed by atoms with Crippen LogP contribution in [0.4, 0.5) is 0 Å². The number of methoxy groups -OCH3 is 1. The van der Waals surface area contributed by atoms with Gasteiger partial charge in [-0.15, -0.1) is 23.4 Å². The average Bonchev–Trinajstić information content (AvgIpc) is 3.29. The van der Waals surface area contributed by atoms with Crippen molar-refractivity contribution in [3.8, 4) is 0 Å². The molecule has 6 aliphatic rings. The van der Waals surface area contributed by atoms with Gasteiger partial charge in [-0.2, -0.15) is 0 Å². The van der Waals surface area contributed by atoms with E-state index < -0.39 is 0 Å². The van der Waals surface area contributed by atoms with Gasteiger partial charge in [-0.3, -0.25) is 20.2 Å². The third-order valence-corrected chi connectivity index (χ3v) is 11.0. The zero-order valence-corrected chi connectivity index (χ0v) is 23.4. The number of thioether (sulfide) groups is 1. The topological polar surface area (TPSA) is 110 Å². The summed E-state index contributed by atoms with van der Waals surface area (Å²) in [6, 6.07) is 1.12. The maximum absolute atomic E-state index is 13.6. The van der Waals surface area contributed by atoms with Crippen molar-refractivity contribution in [3.05, 3.63) is 0 Å². The van der Waals surface area contributed by atoms with Crippen LogP contribution in [0.2, 0.25) is 0 Å². The maximum atomic E-state index is 13.6. The number of halogens is 1. The van der Waals surface area contributed by atoms with Crippen molar-refractivity contribution in [1.29, 1.82) is 0 Å². The minimum Gasteiger partial charge on any atom is -0.380 e. The van der Waals surface area contributed by atoms with Crippen LogP contribution in [0.25, 0.3) is 0 Å². The molecule has 1 aliphatic carbocycles. The molecular formula is C25H42ClN7O3S. The molecule has 0 aromatic carbocycles. The van der Waals surface area contributed by atoms with Crippen molar-refractivity contribution in [2.75, 3.05) is 39.8 Å². The van der Waals surface area contributed by atoms with Gasteiger partial charge < -0.3 is 20.3 Å². The minimum atomic E-state index is -0.123. The Hall–Kier alpha value is -0.660. The van der Waals surface area contributed by atoms with Crippen molar-refractivity contribution in [3.63, 3.8) is 0 Å². The van der Waals surface area contributed by atoms with E-state index in [1.54, 1.807) is 18.9 Å². The minimum absolute atomic E-state index is 0.0631. The van der Waals surface area contributed by atoms with E-state index in [0.717, 1.165) is 38.9 Å². The molecule has 5 N–H and O–H groups in total. The Morgan fingerprint density at radius 1 is 1.08 bits per heavy atom. The van der Waals surface area contributed by atoms with Gasteiger partial charge >= 0.3 is 0 Å². The lowest BCUT2D eigenvalue weighted by atomic mass is 9.70. The van der Waals surface area contributed by atoms with Gasteiger partial charge in [0, 0.05) is 63.2 Å². The van der Waals surface area contributed by atoms with Crippen LogP contribution in [0.5, 0.6) is 0 Å². The number of rotatable bonds is 6. The van der Waals surface area contributed by atoms with Crippen LogP contribution in [-0.2, 0) is 14.3 Å². The highest BCUT2D eigenvalue weighted by Gasteiger charge is 2.48. The first-order chi connectivity index (χ1) is 17.9. The summed E-state index contributed by atoms with van der Waals surface area (Å²) < 4.78 is 5.81. The van der Waals surface area contributed by atoms with E-state index in [9.17, 15) is 9.59 Å². The lowest BCUT2D eigenvalue weighted by Crippen LogP contribution is -2.57. The number of ether oxygens (including phenoxy) is 1. The molecule has 0 aromatic heterocycles. The number of likely N-dealkylation sites (tertiary alicyclic amines) is 1. The summed E-state index contributed by atoms with van der Waals surface area (Å²) in [4.78, 5) is 28.7. The number of nitrogens with zero attached hydrogens (tertiary/aromatic N) is 2. The molecule has 10 atom stereocenters. The van der Waals surface area contributed by atoms with E-state index in [-0.39, 0.29) is 58.8 Å². The molecule has 37 heavy (non-hydrogen) atoms. The monoisotopic (exact) mass is 555 g/mol. The van der Waals surface area contributed by atoms with Gasteiger partial charge in [0.25, 0.3) is 0 Å². The molecule has 1 saturated carbocycles. The zero-order chi connectivity index (χ0) is 25.7. The molecule has 0 aromatic rings. The highest BCUT2D eigenvalue weighted by Crippen LogP contribution is 2.39. The number of hydrazine groups is 1. The van der Waals surface area contributed by atoms with Crippen molar-refractivity contribution < 1.29 is 14.3 Å². The summed E-state index contributed by atoms with van der Waals surface area (Å²) in [7, 11) is 1.76. The molecule has 5 heterocycles. The van der Waals surface area contributed by atoms with E-state index in [1.807, 2.05) is 4.90 Å². The summed E-state index contributed by atoms with van der Waals surface area (Å²) >= 11 is 8.23. The third-order valence-electron chi connectivity index (χ3n) is 9.31. The molecule has 10 unspecified atom stereocenters. The molecule has 0 radical (unpaired) electrons. The lowest BCUT2D eigenvalue weighted by molar-refractivity contribution is -0.133. The van der Waals surface area contributed by atoms with Crippen LogP contribution >= 0.6 is 23.4 Å². The molecule has 6 fully saturated rings. The van der Waals surface area contributed by atoms with E-state index in [1.165, 1.54) is 12.8 Å². The van der Waals surface area contributed by atoms with Gasteiger partial charge in [0.15, 0.2) is 0 Å². The highest BCUT2D eigenvalue weighted by molar-refractivity contribution is 8.00. The first-order valence-corrected chi connectivity index (χ1v) is 15.4. The number of piperidine rings is 2. The molecule has 208 valence electrons. The fourth-order valence-corrected chi connectivity index (χ4v) is 8.82. The Labute approximate surface area is 229 Å². The standard InChI is InChI=1S/C25H42ClN7O3S/c1-13-7-15(16-8-22(26)28-10-20(16)36-2)17(9-27-13)23(34)30-25-29-19-11-32(12-21(19)37-25)24(35)18-5-6-33(31-18)14-3-4-14/h13-22,25,27-29,31H,3-12H2,1-2H3,(H,30,34). The number of carbonyl (C=O) groups excluding carboxylic acids is 2. The molecule has 5 saturated heterocycles. The van der Waals surface area contributed by atoms with E-state index in [4.69, 9.17) is 16.3 Å². The quantitative estimate of drug-likeness (QED) is 0.226. The van der Waals surface area contributed by atoms with E-state index >= 15 is 0 Å². The Bertz CT molecular complexity index is 854. The van der Waals surface area contributed by atoms with Crippen LogP contribution < -0.4 is 26.7 Å². The van der Waals surface area contributed by atoms with Crippen LogP contribution in [0.3, 0.4) is 0 Å². The SMILES string of the molecule is COC1CNC(Cl)CC1C1CC(C)NCC1C(=O)NC1NC2CN(C(=O)C3CCN(C4CC4)N3)CC2S1. The van der Waals surface area contributed by atoms with Gasteiger partial charge in [-0.1, -0.05) is 0 Å². The average molecular weight is 556 g/mol. The smallest absolute Gasteiger partial charge is 0.241 e. The molecule has 10 nitrogen and oxygen atoms in total. The molecule has 5 aliphatic heterocycles. The normalized spacial score (nSPS) is 44.7. The zero-order valence-electron chi connectivity index (χ0n) is 21.8. The second-order valence-corrected chi connectivity index (χ2v) is 13.7. The fourth-order valence-electron chi connectivity index (χ4n) is 7.12. The molecule has 2 amide bonds.